The van der Waals surface area contributed by atoms with Crippen LogP contribution in [-0.2, 0) is 0 Å². The van der Waals surface area contributed by atoms with E-state index in [1.807, 2.05) is 19.2 Å². The van der Waals surface area contributed by atoms with Gasteiger partial charge < -0.3 is 5.32 Å². The molecule has 1 atom stereocenters. The Morgan fingerprint density at radius 2 is 2.35 bits per heavy atom. The summed E-state index contributed by atoms with van der Waals surface area (Å²) in [4.78, 5) is 4.26. The molecule has 0 aromatic carbocycles. The Morgan fingerprint density at radius 3 is 3.00 bits per heavy atom. The maximum Gasteiger partial charge on any atom is 0.0375 e. The molecule has 2 nitrogen and oxygen atoms in total. The zero-order valence-electron chi connectivity index (χ0n) is 11.1. The number of rotatable bonds is 8. The molecule has 0 spiro atoms. The minimum absolute atomic E-state index is 0.455. The molecule has 0 aliphatic rings. The van der Waals surface area contributed by atoms with Gasteiger partial charge in [-0.25, -0.2) is 0 Å². The summed E-state index contributed by atoms with van der Waals surface area (Å²) in [7, 11) is 0. The van der Waals surface area contributed by atoms with Crippen molar-refractivity contribution in [3.05, 3.63) is 42.2 Å². The average molecular weight is 232 g/mol. The molecule has 0 amide bonds. The van der Waals surface area contributed by atoms with Gasteiger partial charge in [0.05, 0.1) is 0 Å². The topological polar surface area (TPSA) is 24.9 Å². The molecule has 94 valence electrons. The fourth-order valence-corrected chi connectivity index (χ4v) is 1.96. The molecule has 1 heterocycles. The monoisotopic (exact) mass is 232 g/mol. The Balaban J connectivity index is 2.63. The van der Waals surface area contributed by atoms with Crippen LogP contribution in [0.1, 0.15) is 49.9 Å². The molecular weight excluding hydrogens is 208 g/mol. The van der Waals surface area contributed by atoms with Crippen LogP contribution in [0.5, 0.6) is 0 Å². The van der Waals surface area contributed by atoms with Crippen LogP contribution >= 0.6 is 0 Å². The van der Waals surface area contributed by atoms with Crippen molar-refractivity contribution < 1.29 is 0 Å². The summed E-state index contributed by atoms with van der Waals surface area (Å²) in [6.45, 7) is 9.09. The van der Waals surface area contributed by atoms with Gasteiger partial charge >= 0.3 is 0 Å². The molecule has 1 N–H and O–H groups in total. The van der Waals surface area contributed by atoms with Gasteiger partial charge in [0, 0.05) is 17.9 Å². The lowest BCUT2D eigenvalue weighted by Crippen LogP contribution is -2.22. The molecule has 1 unspecified atom stereocenters. The Labute approximate surface area is 105 Å². The number of pyridine rings is 1. The van der Waals surface area contributed by atoms with Crippen LogP contribution in [0.3, 0.4) is 0 Å². The second-order valence-electron chi connectivity index (χ2n) is 4.46. The van der Waals surface area contributed by atoms with Gasteiger partial charge in [0.1, 0.15) is 0 Å². The van der Waals surface area contributed by atoms with Gasteiger partial charge in [-0.15, -0.1) is 6.58 Å². The number of aryl methyl sites for hydroxylation is 1. The third kappa shape index (κ3) is 5.14. The van der Waals surface area contributed by atoms with Gasteiger partial charge in [0.2, 0.25) is 0 Å². The van der Waals surface area contributed by atoms with Crippen LogP contribution < -0.4 is 5.32 Å². The van der Waals surface area contributed by atoms with Gasteiger partial charge in [-0.1, -0.05) is 13.0 Å². The highest BCUT2D eigenvalue weighted by Crippen LogP contribution is 2.19. The highest BCUT2D eigenvalue weighted by molar-refractivity contribution is 5.19. The molecule has 2 heteroatoms. The molecule has 1 rings (SSSR count). The quantitative estimate of drug-likeness (QED) is 0.545. The lowest BCUT2D eigenvalue weighted by Gasteiger charge is -2.19. The van der Waals surface area contributed by atoms with E-state index in [4.69, 9.17) is 0 Å². The number of nitrogens with one attached hydrogen (secondary N) is 1. The Bertz CT molecular complexity index is 333. The van der Waals surface area contributed by atoms with E-state index in [1.54, 1.807) is 0 Å². The molecule has 0 saturated heterocycles. The van der Waals surface area contributed by atoms with Crippen LogP contribution in [0.15, 0.2) is 31.0 Å². The third-order valence-electron chi connectivity index (χ3n) is 2.86. The summed E-state index contributed by atoms with van der Waals surface area (Å²) in [5, 5.41) is 3.61. The van der Waals surface area contributed by atoms with E-state index in [-0.39, 0.29) is 0 Å². The largest absolute Gasteiger partial charge is 0.310 e. The fraction of sp³-hybridized carbons (Fsp3) is 0.533. The smallest absolute Gasteiger partial charge is 0.0375 e. The van der Waals surface area contributed by atoms with Crippen molar-refractivity contribution in [3.63, 3.8) is 0 Å². The van der Waals surface area contributed by atoms with Crippen LogP contribution in [0.25, 0.3) is 0 Å². The van der Waals surface area contributed by atoms with E-state index in [1.165, 1.54) is 18.4 Å². The summed E-state index contributed by atoms with van der Waals surface area (Å²) in [5.41, 5.74) is 2.45. The standard InChI is InChI=1S/C15H24N2/c1-4-6-7-8-15(17-10-5-2)14-9-11-16-13(3)12-14/h4,9,11-12,15,17H,1,5-8,10H2,2-3H3. The summed E-state index contributed by atoms with van der Waals surface area (Å²) in [6, 6.07) is 4.76. The average Bonchev–Trinajstić information content (AvgIpc) is 2.33. The van der Waals surface area contributed by atoms with Crippen LogP contribution in [0.4, 0.5) is 0 Å². The van der Waals surface area contributed by atoms with E-state index >= 15 is 0 Å². The molecule has 0 bridgehead atoms. The number of nitrogens with zero attached hydrogens (tertiary/aromatic N) is 1. The SMILES string of the molecule is C=CCCCC(NCCC)c1ccnc(C)c1. The van der Waals surface area contributed by atoms with E-state index in [9.17, 15) is 0 Å². The minimum atomic E-state index is 0.455. The number of aromatic nitrogens is 1. The Hall–Kier alpha value is -1.15. The summed E-state index contributed by atoms with van der Waals surface area (Å²) < 4.78 is 0. The lowest BCUT2D eigenvalue weighted by molar-refractivity contribution is 0.485. The van der Waals surface area contributed by atoms with Crippen LogP contribution in [0, 0.1) is 6.92 Å². The number of hydrogen-bond donors (Lipinski definition) is 1. The molecule has 0 fully saturated rings. The Kier molecular flexibility index (Phi) is 6.56. The molecular formula is C15H24N2. The molecule has 0 aliphatic heterocycles. The highest BCUT2D eigenvalue weighted by Gasteiger charge is 2.10. The van der Waals surface area contributed by atoms with Crippen molar-refractivity contribution in [3.8, 4) is 0 Å². The predicted octanol–water partition coefficient (Wildman–Crippen LogP) is 3.79. The van der Waals surface area contributed by atoms with Crippen molar-refractivity contribution >= 4 is 0 Å². The number of allylic oxidation sites excluding steroid dienone is 1. The first-order valence-electron chi connectivity index (χ1n) is 6.54. The second-order valence-corrected chi connectivity index (χ2v) is 4.46. The molecule has 0 aliphatic carbocycles. The second kappa shape index (κ2) is 8.02. The molecule has 0 radical (unpaired) electrons. The molecule has 1 aromatic rings. The van der Waals surface area contributed by atoms with Gasteiger partial charge in [0.15, 0.2) is 0 Å². The van der Waals surface area contributed by atoms with E-state index in [0.29, 0.717) is 6.04 Å². The highest BCUT2D eigenvalue weighted by atomic mass is 14.9. The molecule has 0 saturated carbocycles. The maximum atomic E-state index is 4.26. The number of unbranched alkanes of at least 4 members (excludes halogenated alkanes) is 1. The zero-order chi connectivity index (χ0) is 12.5. The summed E-state index contributed by atoms with van der Waals surface area (Å²) in [5.74, 6) is 0. The fourth-order valence-electron chi connectivity index (χ4n) is 1.96. The van der Waals surface area contributed by atoms with Gasteiger partial charge in [-0.3, -0.25) is 4.98 Å². The van der Waals surface area contributed by atoms with Crippen LogP contribution in [-0.4, -0.2) is 11.5 Å². The lowest BCUT2D eigenvalue weighted by atomic mass is 10.0. The first-order chi connectivity index (χ1) is 8.27. The normalized spacial score (nSPS) is 12.4. The van der Waals surface area contributed by atoms with E-state index < -0.39 is 0 Å². The maximum absolute atomic E-state index is 4.26. The first-order valence-corrected chi connectivity index (χ1v) is 6.54. The summed E-state index contributed by atoms with van der Waals surface area (Å²) in [6.07, 6.45) is 8.51. The van der Waals surface area contributed by atoms with Crippen molar-refractivity contribution in [1.29, 1.82) is 0 Å². The van der Waals surface area contributed by atoms with E-state index in [2.05, 4.69) is 35.9 Å². The molecule has 17 heavy (non-hydrogen) atoms. The Morgan fingerprint density at radius 1 is 1.53 bits per heavy atom. The zero-order valence-corrected chi connectivity index (χ0v) is 11.1. The van der Waals surface area contributed by atoms with E-state index in [0.717, 1.165) is 25.1 Å². The van der Waals surface area contributed by atoms with Crippen molar-refractivity contribution in [2.75, 3.05) is 6.54 Å². The van der Waals surface area contributed by atoms with Crippen molar-refractivity contribution in [2.45, 2.75) is 45.6 Å². The summed E-state index contributed by atoms with van der Waals surface area (Å²) >= 11 is 0. The third-order valence-corrected chi connectivity index (χ3v) is 2.86. The number of hydrogen-bond acceptors (Lipinski definition) is 2. The van der Waals surface area contributed by atoms with Gasteiger partial charge in [-0.05, 0) is 56.8 Å². The first kappa shape index (κ1) is 13.9. The van der Waals surface area contributed by atoms with Gasteiger partial charge in [-0.2, -0.15) is 0 Å². The van der Waals surface area contributed by atoms with Crippen LogP contribution in [0.2, 0.25) is 0 Å². The molecule has 1 aromatic heterocycles. The van der Waals surface area contributed by atoms with Gasteiger partial charge in [0.25, 0.3) is 0 Å². The van der Waals surface area contributed by atoms with Crippen molar-refractivity contribution in [2.24, 2.45) is 0 Å². The minimum Gasteiger partial charge on any atom is -0.310 e. The van der Waals surface area contributed by atoms with Crippen molar-refractivity contribution in [1.82, 2.24) is 10.3 Å². The predicted molar refractivity (Wildman–Crippen MR) is 74.1 cm³/mol.